The Morgan fingerprint density at radius 1 is 1.29 bits per heavy atom. The third-order valence-electron chi connectivity index (χ3n) is 3.48. The highest BCUT2D eigenvalue weighted by Crippen LogP contribution is 2.35. The molecule has 7 heteroatoms. The molecule has 1 fully saturated rings. The van der Waals surface area contributed by atoms with Gasteiger partial charge in [-0.1, -0.05) is 0 Å². The average Bonchev–Trinajstić information content (AvgIpc) is 3.31. The van der Waals surface area contributed by atoms with E-state index in [1.54, 1.807) is 12.1 Å². The maximum absolute atomic E-state index is 12.3. The summed E-state index contributed by atoms with van der Waals surface area (Å²) >= 11 is 0. The van der Waals surface area contributed by atoms with Gasteiger partial charge >= 0.3 is 5.97 Å². The molecule has 0 bridgehead atoms. The molecule has 0 unspecified atom stereocenters. The van der Waals surface area contributed by atoms with E-state index in [9.17, 15) is 13.2 Å². The van der Waals surface area contributed by atoms with Crippen molar-refractivity contribution in [3.63, 3.8) is 0 Å². The number of hydrogen-bond acceptors (Lipinski definition) is 5. The molecule has 6 nitrogen and oxygen atoms in total. The topological polar surface area (TPSA) is 81.7 Å². The van der Waals surface area contributed by atoms with Crippen LogP contribution in [0, 0.1) is 5.92 Å². The van der Waals surface area contributed by atoms with Crippen LogP contribution in [-0.4, -0.2) is 34.6 Å². The Kier molecular flexibility index (Phi) is 4.84. The van der Waals surface area contributed by atoms with E-state index in [2.05, 4.69) is 9.46 Å². The summed E-state index contributed by atoms with van der Waals surface area (Å²) in [5.41, 5.74) is 0. The standard InChI is InChI=1S/C14H19NO5S/c1-19-11-5-7-12(8-6-11)21(17,18)15-13(10-3-4-10)9-14(16)20-2/h5-8,10,13,15H,3-4,9H2,1-2H3/t13-/m1/s1. The Hall–Kier alpha value is -1.60. The van der Waals surface area contributed by atoms with Crippen LogP contribution in [0.5, 0.6) is 5.75 Å². The number of benzene rings is 1. The molecule has 0 spiro atoms. The zero-order chi connectivity index (χ0) is 15.5. The number of sulfonamides is 1. The maximum Gasteiger partial charge on any atom is 0.307 e. The third kappa shape index (κ3) is 4.18. The first-order valence-electron chi connectivity index (χ1n) is 6.69. The Balaban J connectivity index is 2.11. The maximum atomic E-state index is 12.3. The second-order valence-corrected chi connectivity index (χ2v) is 6.73. The van der Waals surface area contributed by atoms with Crippen molar-refractivity contribution in [2.75, 3.05) is 14.2 Å². The van der Waals surface area contributed by atoms with E-state index >= 15 is 0 Å². The summed E-state index contributed by atoms with van der Waals surface area (Å²) < 4.78 is 36.9. The van der Waals surface area contributed by atoms with E-state index in [0.717, 1.165) is 12.8 Å². The number of carbonyl (C=O) groups is 1. The largest absolute Gasteiger partial charge is 0.497 e. The first-order chi connectivity index (χ1) is 9.96. The van der Waals surface area contributed by atoms with Crippen LogP contribution in [0.1, 0.15) is 19.3 Å². The van der Waals surface area contributed by atoms with Gasteiger partial charge in [-0.05, 0) is 43.0 Å². The molecule has 0 heterocycles. The Labute approximate surface area is 124 Å². The molecule has 1 aromatic carbocycles. The van der Waals surface area contributed by atoms with Crippen LogP contribution in [-0.2, 0) is 19.6 Å². The van der Waals surface area contributed by atoms with Crippen LogP contribution >= 0.6 is 0 Å². The molecule has 1 saturated carbocycles. The Morgan fingerprint density at radius 2 is 1.90 bits per heavy atom. The van der Waals surface area contributed by atoms with Crippen LogP contribution in [0.3, 0.4) is 0 Å². The van der Waals surface area contributed by atoms with Crippen molar-refractivity contribution in [2.24, 2.45) is 5.92 Å². The average molecular weight is 313 g/mol. The van der Waals surface area contributed by atoms with Crippen LogP contribution in [0.15, 0.2) is 29.2 Å². The number of rotatable bonds is 7. The fraction of sp³-hybridized carbons (Fsp3) is 0.500. The normalized spacial score (nSPS) is 16.3. The lowest BCUT2D eigenvalue weighted by molar-refractivity contribution is -0.141. The lowest BCUT2D eigenvalue weighted by atomic mass is 10.1. The van der Waals surface area contributed by atoms with E-state index in [1.807, 2.05) is 0 Å². The number of methoxy groups -OCH3 is 2. The zero-order valence-electron chi connectivity index (χ0n) is 12.0. The van der Waals surface area contributed by atoms with Crippen molar-refractivity contribution in [1.29, 1.82) is 0 Å². The molecular formula is C14H19NO5S. The number of hydrogen-bond donors (Lipinski definition) is 1. The highest BCUT2D eigenvalue weighted by Gasteiger charge is 2.35. The Bertz CT molecular complexity index is 592. The van der Waals surface area contributed by atoms with Crippen LogP contribution in [0.4, 0.5) is 0 Å². The molecule has 116 valence electrons. The minimum Gasteiger partial charge on any atom is -0.497 e. The molecule has 0 aromatic heterocycles. The van der Waals surface area contributed by atoms with Gasteiger partial charge in [-0.15, -0.1) is 0 Å². The van der Waals surface area contributed by atoms with Gasteiger partial charge in [0.25, 0.3) is 0 Å². The lowest BCUT2D eigenvalue weighted by Crippen LogP contribution is -2.38. The fourth-order valence-electron chi connectivity index (χ4n) is 2.09. The number of esters is 1. The number of carbonyl (C=O) groups excluding carboxylic acids is 1. The first-order valence-corrected chi connectivity index (χ1v) is 8.18. The second kappa shape index (κ2) is 6.44. The van der Waals surface area contributed by atoms with Crippen molar-refractivity contribution in [3.05, 3.63) is 24.3 Å². The molecule has 0 saturated heterocycles. The quantitative estimate of drug-likeness (QED) is 0.768. The van der Waals surface area contributed by atoms with Crippen molar-refractivity contribution in [3.8, 4) is 5.75 Å². The van der Waals surface area contributed by atoms with Crippen molar-refractivity contribution >= 4 is 16.0 Å². The summed E-state index contributed by atoms with van der Waals surface area (Å²) in [5.74, 6) is 0.378. The first kappa shape index (κ1) is 15.8. The highest BCUT2D eigenvalue weighted by atomic mass is 32.2. The SMILES string of the molecule is COC(=O)C[C@@H](NS(=O)(=O)c1ccc(OC)cc1)C1CC1. The summed E-state index contributed by atoms with van der Waals surface area (Å²) in [5, 5.41) is 0. The molecule has 1 aromatic rings. The molecule has 1 aliphatic rings. The predicted octanol–water partition coefficient (Wildman–Crippen LogP) is 1.32. The molecule has 21 heavy (non-hydrogen) atoms. The van der Waals surface area contributed by atoms with E-state index < -0.39 is 22.0 Å². The van der Waals surface area contributed by atoms with Crippen LogP contribution in [0.25, 0.3) is 0 Å². The summed E-state index contributed by atoms with van der Waals surface area (Å²) in [6.07, 6.45) is 1.90. The number of nitrogens with one attached hydrogen (secondary N) is 1. The van der Waals surface area contributed by atoms with Crippen molar-refractivity contribution in [2.45, 2.75) is 30.2 Å². The number of ether oxygens (including phenoxy) is 2. The van der Waals surface area contributed by atoms with Gasteiger partial charge in [0.15, 0.2) is 0 Å². The van der Waals surface area contributed by atoms with Gasteiger partial charge in [0, 0.05) is 6.04 Å². The van der Waals surface area contributed by atoms with E-state index in [4.69, 9.17) is 4.74 Å². The van der Waals surface area contributed by atoms with Crippen LogP contribution < -0.4 is 9.46 Å². The van der Waals surface area contributed by atoms with Gasteiger partial charge in [0.2, 0.25) is 10.0 Å². The second-order valence-electron chi connectivity index (χ2n) is 5.02. The fourth-order valence-corrected chi connectivity index (χ4v) is 3.39. The van der Waals surface area contributed by atoms with Crippen molar-refractivity contribution in [1.82, 2.24) is 4.72 Å². The predicted molar refractivity (Wildman–Crippen MR) is 76.5 cm³/mol. The summed E-state index contributed by atoms with van der Waals surface area (Å²) in [6, 6.07) is 5.71. The Morgan fingerprint density at radius 3 is 2.38 bits per heavy atom. The van der Waals surface area contributed by atoms with Gasteiger partial charge in [-0.2, -0.15) is 0 Å². The minimum absolute atomic E-state index is 0.0521. The summed E-state index contributed by atoms with van der Waals surface area (Å²) in [7, 11) is -0.846. The van der Waals surface area contributed by atoms with Gasteiger partial charge in [0.05, 0.1) is 25.5 Å². The lowest BCUT2D eigenvalue weighted by Gasteiger charge is -2.17. The smallest absolute Gasteiger partial charge is 0.307 e. The van der Waals surface area contributed by atoms with Gasteiger partial charge < -0.3 is 9.47 Å². The van der Waals surface area contributed by atoms with E-state index in [1.165, 1.54) is 26.4 Å². The molecule has 0 radical (unpaired) electrons. The highest BCUT2D eigenvalue weighted by molar-refractivity contribution is 7.89. The summed E-state index contributed by atoms with van der Waals surface area (Å²) in [6.45, 7) is 0. The van der Waals surface area contributed by atoms with E-state index in [-0.39, 0.29) is 17.2 Å². The molecule has 1 aliphatic carbocycles. The zero-order valence-corrected chi connectivity index (χ0v) is 12.9. The van der Waals surface area contributed by atoms with Gasteiger partial charge in [-0.3, -0.25) is 4.79 Å². The van der Waals surface area contributed by atoms with E-state index in [0.29, 0.717) is 5.75 Å². The van der Waals surface area contributed by atoms with Gasteiger partial charge in [-0.25, -0.2) is 13.1 Å². The molecule has 1 N–H and O–H groups in total. The molecular weight excluding hydrogens is 294 g/mol. The summed E-state index contributed by atoms with van der Waals surface area (Å²) in [4.78, 5) is 11.5. The van der Waals surface area contributed by atoms with Crippen molar-refractivity contribution < 1.29 is 22.7 Å². The molecule has 0 aliphatic heterocycles. The van der Waals surface area contributed by atoms with Crippen LogP contribution in [0.2, 0.25) is 0 Å². The molecule has 2 rings (SSSR count). The third-order valence-corrected chi connectivity index (χ3v) is 4.99. The molecule has 0 amide bonds. The van der Waals surface area contributed by atoms with Gasteiger partial charge in [0.1, 0.15) is 5.75 Å². The minimum atomic E-state index is -3.66. The molecule has 1 atom stereocenters. The monoisotopic (exact) mass is 313 g/mol.